The van der Waals surface area contributed by atoms with E-state index in [0.717, 1.165) is 25.4 Å². The molecule has 1 aromatic rings. The summed E-state index contributed by atoms with van der Waals surface area (Å²) >= 11 is 6.03. The van der Waals surface area contributed by atoms with Crippen LogP contribution in [0.2, 0.25) is 5.02 Å². The van der Waals surface area contributed by atoms with Crippen molar-refractivity contribution in [2.45, 2.75) is 18.9 Å². The number of rotatable bonds is 6. The summed E-state index contributed by atoms with van der Waals surface area (Å²) in [4.78, 5) is 2.31. The molecule has 4 heteroatoms. The lowest BCUT2D eigenvalue weighted by molar-refractivity contribution is 0.226. The maximum atomic E-state index is 6.03. The summed E-state index contributed by atoms with van der Waals surface area (Å²) in [6, 6.07) is 8.25. The van der Waals surface area contributed by atoms with Gasteiger partial charge in [-0.3, -0.25) is 0 Å². The standard InChI is InChI=1S/C14H21ClN2O/c1-17(11-12-5-4-8-16-12)9-10-18-14-7-3-2-6-13(14)15/h2-3,6-7,12,16H,4-5,8-11H2,1H3. The molecule has 0 radical (unpaired) electrons. The number of ether oxygens (including phenoxy) is 1. The molecule has 1 unspecified atom stereocenters. The van der Waals surface area contributed by atoms with Crippen molar-refractivity contribution in [3.8, 4) is 5.75 Å². The lowest BCUT2D eigenvalue weighted by atomic mass is 10.2. The van der Waals surface area contributed by atoms with Gasteiger partial charge in [0.05, 0.1) is 5.02 Å². The highest BCUT2D eigenvalue weighted by Crippen LogP contribution is 2.22. The monoisotopic (exact) mass is 268 g/mol. The van der Waals surface area contributed by atoms with Gasteiger partial charge in [-0.25, -0.2) is 0 Å². The number of nitrogens with one attached hydrogen (secondary N) is 1. The van der Waals surface area contributed by atoms with Crippen LogP contribution in [0.4, 0.5) is 0 Å². The summed E-state index contributed by atoms with van der Waals surface area (Å²) in [5.41, 5.74) is 0. The molecule has 1 fully saturated rings. The minimum atomic E-state index is 0.648. The smallest absolute Gasteiger partial charge is 0.137 e. The lowest BCUT2D eigenvalue weighted by Gasteiger charge is -2.21. The van der Waals surface area contributed by atoms with Gasteiger partial charge < -0.3 is 15.0 Å². The fourth-order valence-corrected chi connectivity index (χ4v) is 2.44. The largest absolute Gasteiger partial charge is 0.491 e. The first kappa shape index (κ1) is 13.7. The number of hydrogen-bond acceptors (Lipinski definition) is 3. The van der Waals surface area contributed by atoms with Gasteiger partial charge in [0, 0.05) is 19.1 Å². The molecule has 1 saturated heterocycles. The summed E-state index contributed by atoms with van der Waals surface area (Å²) < 4.78 is 5.68. The molecule has 1 atom stereocenters. The van der Waals surface area contributed by atoms with Crippen LogP contribution in [-0.4, -0.2) is 44.2 Å². The van der Waals surface area contributed by atoms with E-state index in [0.29, 0.717) is 17.7 Å². The van der Waals surface area contributed by atoms with Gasteiger partial charge in [0.1, 0.15) is 12.4 Å². The second-order valence-corrected chi connectivity index (χ2v) is 5.24. The summed E-state index contributed by atoms with van der Waals surface area (Å²) in [5.74, 6) is 0.770. The Kier molecular flexibility index (Phi) is 5.29. The van der Waals surface area contributed by atoms with Crippen LogP contribution in [0.15, 0.2) is 24.3 Å². The molecule has 0 spiro atoms. The first-order chi connectivity index (χ1) is 8.75. The van der Waals surface area contributed by atoms with Gasteiger partial charge in [0.25, 0.3) is 0 Å². The highest BCUT2D eigenvalue weighted by Gasteiger charge is 2.15. The molecule has 1 aliphatic heterocycles. The van der Waals surface area contributed by atoms with Crippen LogP contribution in [0.3, 0.4) is 0 Å². The quantitative estimate of drug-likeness (QED) is 0.858. The Morgan fingerprint density at radius 1 is 1.44 bits per heavy atom. The number of benzene rings is 1. The molecule has 0 bridgehead atoms. The Labute approximate surface area is 114 Å². The van der Waals surface area contributed by atoms with Crippen LogP contribution >= 0.6 is 11.6 Å². The second kappa shape index (κ2) is 6.98. The summed E-state index contributed by atoms with van der Waals surface area (Å²) in [6.07, 6.45) is 2.59. The molecule has 1 aromatic carbocycles. The van der Waals surface area contributed by atoms with E-state index in [2.05, 4.69) is 17.3 Å². The molecule has 1 aliphatic rings. The van der Waals surface area contributed by atoms with Gasteiger partial charge in [-0.15, -0.1) is 0 Å². The molecule has 0 saturated carbocycles. The third kappa shape index (κ3) is 4.16. The van der Waals surface area contributed by atoms with E-state index in [1.807, 2.05) is 24.3 Å². The normalized spacial score (nSPS) is 19.4. The summed E-state index contributed by atoms with van der Waals surface area (Å²) in [5, 5.41) is 4.18. The van der Waals surface area contributed by atoms with Crippen LogP contribution in [-0.2, 0) is 0 Å². The Hall–Kier alpha value is -0.770. The van der Waals surface area contributed by atoms with Gasteiger partial charge in [-0.2, -0.15) is 0 Å². The van der Waals surface area contributed by atoms with E-state index in [1.54, 1.807) is 0 Å². The van der Waals surface area contributed by atoms with Crippen molar-refractivity contribution < 1.29 is 4.74 Å². The highest BCUT2D eigenvalue weighted by atomic mass is 35.5. The van der Waals surface area contributed by atoms with E-state index in [4.69, 9.17) is 16.3 Å². The predicted octanol–water partition coefficient (Wildman–Crippen LogP) is 2.40. The average Bonchev–Trinajstić information content (AvgIpc) is 2.84. The van der Waals surface area contributed by atoms with Crippen molar-refractivity contribution in [2.24, 2.45) is 0 Å². The fraction of sp³-hybridized carbons (Fsp3) is 0.571. The molecule has 100 valence electrons. The van der Waals surface area contributed by atoms with Gasteiger partial charge in [-0.05, 0) is 38.6 Å². The molecule has 18 heavy (non-hydrogen) atoms. The van der Waals surface area contributed by atoms with Crippen molar-refractivity contribution in [3.05, 3.63) is 29.3 Å². The maximum Gasteiger partial charge on any atom is 0.137 e. The van der Waals surface area contributed by atoms with E-state index in [1.165, 1.54) is 12.8 Å². The van der Waals surface area contributed by atoms with Gasteiger partial charge in [0.2, 0.25) is 0 Å². The topological polar surface area (TPSA) is 24.5 Å². The maximum absolute atomic E-state index is 6.03. The number of nitrogens with zero attached hydrogens (tertiary/aromatic N) is 1. The highest BCUT2D eigenvalue weighted by molar-refractivity contribution is 6.32. The minimum Gasteiger partial charge on any atom is -0.491 e. The minimum absolute atomic E-state index is 0.648. The zero-order chi connectivity index (χ0) is 12.8. The fourth-order valence-electron chi connectivity index (χ4n) is 2.25. The Bertz CT molecular complexity index is 367. The Morgan fingerprint density at radius 3 is 3.00 bits per heavy atom. The van der Waals surface area contributed by atoms with Crippen molar-refractivity contribution in [1.29, 1.82) is 0 Å². The Balaban J connectivity index is 1.67. The van der Waals surface area contributed by atoms with Crippen LogP contribution in [0.25, 0.3) is 0 Å². The Morgan fingerprint density at radius 2 is 2.28 bits per heavy atom. The first-order valence-corrected chi connectivity index (χ1v) is 6.93. The number of likely N-dealkylation sites (N-methyl/N-ethyl adjacent to an activating group) is 1. The van der Waals surface area contributed by atoms with Gasteiger partial charge >= 0.3 is 0 Å². The molecule has 1 N–H and O–H groups in total. The summed E-state index contributed by atoms with van der Waals surface area (Å²) in [6.45, 7) is 3.84. The summed E-state index contributed by atoms with van der Waals surface area (Å²) in [7, 11) is 2.13. The van der Waals surface area contributed by atoms with Gasteiger partial charge in [0.15, 0.2) is 0 Å². The van der Waals surface area contributed by atoms with Crippen molar-refractivity contribution in [1.82, 2.24) is 10.2 Å². The lowest BCUT2D eigenvalue weighted by Crippen LogP contribution is -2.37. The average molecular weight is 269 g/mol. The number of para-hydroxylation sites is 1. The van der Waals surface area contributed by atoms with Crippen LogP contribution in [0.5, 0.6) is 5.75 Å². The van der Waals surface area contributed by atoms with E-state index >= 15 is 0 Å². The molecule has 2 rings (SSSR count). The van der Waals surface area contributed by atoms with E-state index in [-0.39, 0.29) is 0 Å². The molecule has 0 aromatic heterocycles. The van der Waals surface area contributed by atoms with Gasteiger partial charge in [-0.1, -0.05) is 23.7 Å². The molecule has 1 heterocycles. The number of hydrogen-bond donors (Lipinski definition) is 1. The zero-order valence-corrected chi connectivity index (χ0v) is 11.6. The van der Waals surface area contributed by atoms with Crippen molar-refractivity contribution in [2.75, 3.05) is 33.3 Å². The third-order valence-electron chi connectivity index (χ3n) is 3.26. The third-order valence-corrected chi connectivity index (χ3v) is 3.57. The van der Waals surface area contributed by atoms with Crippen LogP contribution < -0.4 is 10.1 Å². The SMILES string of the molecule is CN(CCOc1ccccc1Cl)CC1CCCN1. The van der Waals surface area contributed by atoms with Crippen molar-refractivity contribution in [3.63, 3.8) is 0 Å². The van der Waals surface area contributed by atoms with Crippen LogP contribution in [0.1, 0.15) is 12.8 Å². The van der Waals surface area contributed by atoms with Crippen molar-refractivity contribution >= 4 is 11.6 Å². The molecule has 0 amide bonds. The molecule has 3 nitrogen and oxygen atoms in total. The van der Waals surface area contributed by atoms with E-state index in [9.17, 15) is 0 Å². The zero-order valence-electron chi connectivity index (χ0n) is 10.9. The molecular weight excluding hydrogens is 248 g/mol. The molecular formula is C14H21ClN2O. The molecule has 0 aliphatic carbocycles. The first-order valence-electron chi connectivity index (χ1n) is 6.55. The van der Waals surface area contributed by atoms with E-state index < -0.39 is 0 Å². The van der Waals surface area contributed by atoms with Crippen LogP contribution in [0, 0.1) is 0 Å². The second-order valence-electron chi connectivity index (χ2n) is 4.83. The number of halogens is 1. The predicted molar refractivity (Wildman–Crippen MR) is 75.5 cm³/mol.